The molecule has 2 N–H and O–H groups in total. The Bertz CT molecular complexity index is 909. The summed E-state index contributed by atoms with van der Waals surface area (Å²) in [5, 5.41) is 22.1. The Balaban J connectivity index is 1.96. The van der Waals surface area contributed by atoms with Crippen molar-refractivity contribution in [2.45, 2.75) is 18.5 Å². The monoisotopic (exact) mass is 469 g/mol. The van der Waals surface area contributed by atoms with Crippen molar-refractivity contribution in [3.05, 3.63) is 29.5 Å². The van der Waals surface area contributed by atoms with Crippen molar-refractivity contribution >= 4 is 23.3 Å². The largest absolute Gasteiger partial charge is 0.733 e. The van der Waals surface area contributed by atoms with Gasteiger partial charge in [-0.2, -0.15) is 41.3 Å². The maximum Gasteiger partial charge on any atom is 0.434 e. The van der Waals surface area contributed by atoms with Crippen LogP contribution in [0.25, 0.3) is 0 Å². The van der Waals surface area contributed by atoms with Gasteiger partial charge in [0.25, 0.3) is 6.10 Å². The molecule has 0 bridgehead atoms. The lowest BCUT2D eigenvalue weighted by Gasteiger charge is -2.28. The predicted molar refractivity (Wildman–Crippen MR) is 96.7 cm³/mol. The van der Waals surface area contributed by atoms with Gasteiger partial charge in [-0.1, -0.05) is 6.07 Å². The molecule has 0 radical (unpaired) electrons. The molecule has 0 amide bonds. The first kappa shape index (κ1) is 23.6. The summed E-state index contributed by atoms with van der Waals surface area (Å²) >= 11 is 0. The van der Waals surface area contributed by atoms with Gasteiger partial charge in [0, 0.05) is 18.8 Å². The van der Waals surface area contributed by atoms with Crippen LogP contribution in [0.5, 0.6) is 6.01 Å². The van der Waals surface area contributed by atoms with E-state index in [0.29, 0.717) is 0 Å². The molecule has 0 saturated carbocycles. The summed E-state index contributed by atoms with van der Waals surface area (Å²) in [5.74, 6) is -0.695. The summed E-state index contributed by atoms with van der Waals surface area (Å²) in [5.41, 5.74) is -0.103. The summed E-state index contributed by atoms with van der Waals surface area (Å²) in [4.78, 5) is 12.6. The van der Waals surface area contributed by atoms with Gasteiger partial charge < -0.3 is 30.1 Å². The lowest BCUT2D eigenvalue weighted by atomic mass is 10.3. The van der Waals surface area contributed by atoms with Crippen LogP contribution < -0.4 is 20.2 Å². The minimum absolute atomic E-state index is 0.102. The molecule has 0 aliphatic carbocycles. The second kappa shape index (κ2) is 9.17. The molecule has 2 aromatic rings. The van der Waals surface area contributed by atoms with E-state index < -0.39 is 35.6 Å². The zero-order valence-electron chi connectivity index (χ0n) is 15.9. The predicted octanol–water partition coefficient (Wildman–Crippen LogP) is 3.02. The average Bonchev–Trinajstić information content (AvgIpc) is 2.71. The van der Waals surface area contributed by atoms with Crippen LogP contribution in [-0.4, -0.2) is 64.9 Å². The van der Waals surface area contributed by atoms with E-state index >= 15 is 0 Å². The van der Waals surface area contributed by atoms with Gasteiger partial charge in [0.2, 0.25) is 11.9 Å². The number of alkyl halides is 6. The highest BCUT2D eigenvalue weighted by Gasteiger charge is 2.59. The van der Waals surface area contributed by atoms with E-state index in [-0.39, 0.29) is 43.6 Å². The van der Waals surface area contributed by atoms with Crippen molar-refractivity contribution in [1.82, 2.24) is 15.0 Å². The third kappa shape index (κ3) is 5.98. The van der Waals surface area contributed by atoms with Crippen molar-refractivity contribution in [2.24, 2.45) is 0 Å². The van der Waals surface area contributed by atoms with Crippen LogP contribution in [-0.2, 0) is 4.74 Å². The molecule has 0 atom stereocenters. The Morgan fingerprint density at radius 3 is 2.34 bits per heavy atom. The molecule has 10 nitrogen and oxygen atoms in total. The fourth-order valence-electron chi connectivity index (χ4n) is 2.62. The Morgan fingerprint density at radius 1 is 1.09 bits per heavy atom. The number of hydrogen-bond acceptors (Lipinski definition) is 10. The number of aromatic nitrogens is 3. The summed E-state index contributed by atoms with van der Waals surface area (Å²) in [6.45, 7) is 0.901. The lowest BCUT2D eigenvalue weighted by molar-refractivity contribution is -0.301. The minimum atomic E-state index is -5.77. The summed E-state index contributed by atoms with van der Waals surface area (Å²) < 4.78 is 86.7. The highest BCUT2D eigenvalue weighted by Crippen LogP contribution is 2.36. The highest BCUT2D eigenvalue weighted by atomic mass is 19.4. The van der Waals surface area contributed by atoms with Crippen molar-refractivity contribution in [3.8, 4) is 6.01 Å². The molecule has 1 aliphatic rings. The molecule has 176 valence electrons. The number of nitrogens with one attached hydrogen (secondary N) is 1. The number of ether oxygens (including phenoxy) is 2. The van der Waals surface area contributed by atoms with Crippen LogP contribution in [0, 0.1) is 5.21 Å². The number of hydrogen-bond donors (Lipinski definition) is 2. The first-order chi connectivity index (χ1) is 14.9. The molecule has 0 spiro atoms. The van der Waals surface area contributed by atoms with E-state index in [0.717, 1.165) is 6.07 Å². The molecule has 1 aliphatic heterocycles. The van der Waals surface area contributed by atoms with Gasteiger partial charge >= 0.3 is 18.4 Å². The standard InChI is InChI=1S/C16H15F6N6O4/c17-15(18,19)11(16(20,21)22)32-14-25-12(23-9-2-1-3-10(8-9)28(29)30)24-13(26-14)27-4-6-31-7-5-27/h1-3,8,11,29H,4-7H2,(H,23,24,25,26)/q-1. The van der Waals surface area contributed by atoms with E-state index in [1.54, 1.807) is 0 Å². The Hall–Kier alpha value is -3.11. The molecule has 2 heterocycles. The fourth-order valence-corrected chi connectivity index (χ4v) is 2.62. The van der Waals surface area contributed by atoms with Crippen LogP contribution in [0.2, 0.25) is 0 Å². The normalized spacial score (nSPS) is 15.1. The van der Waals surface area contributed by atoms with E-state index in [1.807, 2.05) is 0 Å². The number of morpholine rings is 1. The van der Waals surface area contributed by atoms with Crippen molar-refractivity contribution < 1.29 is 41.0 Å². The van der Waals surface area contributed by atoms with Crippen molar-refractivity contribution in [1.29, 1.82) is 0 Å². The first-order valence-electron chi connectivity index (χ1n) is 8.85. The second-order valence-corrected chi connectivity index (χ2v) is 6.37. The number of rotatable bonds is 6. The molecule has 0 unspecified atom stereocenters. The van der Waals surface area contributed by atoms with Crippen LogP contribution in [0.4, 0.5) is 49.6 Å². The molecular weight excluding hydrogens is 454 g/mol. The quantitative estimate of drug-likeness (QED) is 0.483. The van der Waals surface area contributed by atoms with Gasteiger partial charge in [-0.15, -0.1) is 0 Å². The zero-order chi connectivity index (χ0) is 23.5. The molecule has 3 rings (SSSR count). The number of benzene rings is 1. The Morgan fingerprint density at radius 2 is 1.75 bits per heavy atom. The highest BCUT2D eigenvalue weighted by molar-refractivity contribution is 5.62. The van der Waals surface area contributed by atoms with Crippen LogP contribution in [0.15, 0.2) is 24.3 Å². The van der Waals surface area contributed by atoms with E-state index in [2.05, 4.69) is 25.0 Å². The Kier molecular flexibility index (Phi) is 6.75. The van der Waals surface area contributed by atoms with Gasteiger partial charge in [-0.3, -0.25) is 5.21 Å². The van der Waals surface area contributed by atoms with Gasteiger partial charge in [-0.05, 0) is 18.2 Å². The molecule has 1 aromatic carbocycles. The molecule has 1 fully saturated rings. The van der Waals surface area contributed by atoms with Crippen molar-refractivity contribution in [2.75, 3.05) is 41.7 Å². The fraction of sp³-hybridized carbons (Fsp3) is 0.438. The van der Waals surface area contributed by atoms with Gasteiger partial charge in [0.05, 0.1) is 18.9 Å². The Labute approximate surface area is 175 Å². The lowest BCUT2D eigenvalue weighted by Crippen LogP contribution is -2.47. The molecule has 16 heteroatoms. The summed E-state index contributed by atoms with van der Waals surface area (Å²) in [6, 6.07) is 3.91. The minimum Gasteiger partial charge on any atom is -0.733 e. The molecule has 1 aromatic heterocycles. The maximum atomic E-state index is 12.9. The smallest absolute Gasteiger partial charge is 0.434 e. The molecule has 32 heavy (non-hydrogen) atoms. The summed E-state index contributed by atoms with van der Waals surface area (Å²) in [6.07, 6.45) is -15.7. The van der Waals surface area contributed by atoms with Crippen LogP contribution in [0.1, 0.15) is 0 Å². The maximum absolute atomic E-state index is 12.9. The third-order valence-corrected chi connectivity index (χ3v) is 4.04. The molecule has 1 saturated heterocycles. The number of halogens is 6. The average molecular weight is 469 g/mol. The third-order valence-electron chi connectivity index (χ3n) is 4.04. The number of anilines is 4. The second-order valence-electron chi connectivity index (χ2n) is 6.37. The topological polar surface area (TPSA) is 119 Å². The van der Waals surface area contributed by atoms with Gasteiger partial charge in [0.1, 0.15) is 0 Å². The van der Waals surface area contributed by atoms with Crippen LogP contribution >= 0.6 is 0 Å². The van der Waals surface area contributed by atoms with E-state index in [4.69, 9.17) is 9.94 Å². The van der Waals surface area contributed by atoms with Gasteiger partial charge in [0.15, 0.2) is 0 Å². The van der Waals surface area contributed by atoms with E-state index in [1.165, 1.54) is 23.1 Å². The first-order valence-corrected chi connectivity index (χ1v) is 8.85. The van der Waals surface area contributed by atoms with E-state index in [9.17, 15) is 31.5 Å². The van der Waals surface area contributed by atoms with Gasteiger partial charge in [-0.25, -0.2) is 0 Å². The van der Waals surface area contributed by atoms with Crippen molar-refractivity contribution in [3.63, 3.8) is 0 Å². The zero-order valence-corrected chi connectivity index (χ0v) is 15.9. The molecular formula is C16H15F6N6O4-. The number of nitrogens with zero attached hydrogens (tertiary/aromatic N) is 5. The summed E-state index contributed by atoms with van der Waals surface area (Å²) in [7, 11) is 0. The van der Waals surface area contributed by atoms with Crippen LogP contribution in [0.3, 0.4) is 0 Å². The SMILES string of the molecule is [O-]N(O)c1cccc(Nc2nc(OC(C(F)(F)F)C(F)(F)F)nc(N3CCOCC3)n2)c1.